The van der Waals surface area contributed by atoms with Crippen molar-refractivity contribution in [1.82, 2.24) is 14.5 Å². The largest absolute Gasteiger partial charge is 0.292 e. The minimum absolute atomic E-state index is 0.860. The first-order valence-corrected chi connectivity index (χ1v) is 16.3. The highest BCUT2D eigenvalue weighted by atomic mass is 15.1. The molecule has 0 saturated carbocycles. The summed E-state index contributed by atoms with van der Waals surface area (Å²) in [6.07, 6.45) is 6.42. The van der Waals surface area contributed by atoms with Gasteiger partial charge in [-0.05, 0) is 74.5 Å². The summed E-state index contributed by atoms with van der Waals surface area (Å²) in [5, 5.41) is 11.9. The van der Waals surface area contributed by atoms with Gasteiger partial charge in [0.25, 0.3) is 0 Å². The average molecular weight is 600 g/mol. The molecule has 0 aliphatic heterocycles. The molecule has 0 bridgehead atoms. The molecular formula is C44H29N3. The zero-order valence-corrected chi connectivity index (χ0v) is 25.7. The van der Waals surface area contributed by atoms with Crippen LogP contribution < -0.4 is 10.7 Å². The fourth-order valence-corrected chi connectivity index (χ4v) is 7.51. The van der Waals surface area contributed by atoms with Crippen LogP contribution in [0.1, 0.15) is 12.8 Å². The summed E-state index contributed by atoms with van der Waals surface area (Å²) in [5.41, 5.74) is 6.60. The summed E-state index contributed by atoms with van der Waals surface area (Å²) < 4.78 is 2.35. The Hall–Kier alpha value is -6.06. The van der Waals surface area contributed by atoms with E-state index in [9.17, 15) is 0 Å². The lowest BCUT2D eigenvalue weighted by Crippen LogP contribution is -2.35. The molecule has 0 N–H and O–H groups in total. The Kier molecular flexibility index (Phi) is 5.70. The van der Waals surface area contributed by atoms with E-state index >= 15 is 0 Å². The van der Waals surface area contributed by atoms with E-state index in [1.807, 2.05) is 0 Å². The molecule has 3 nitrogen and oxygen atoms in total. The van der Waals surface area contributed by atoms with Crippen LogP contribution >= 0.6 is 0 Å². The number of rotatable bonds is 3. The van der Waals surface area contributed by atoms with E-state index in [2.05, 4.69) is 156 Å². The second-order valence-electron chi connectivity index (χ2n) is 12.5. The number of aromatic nitrogens is 3. The quantitative estimate of drug-likeness (QED) is 0.202. The Morgan fingerprint density at radius 1 is 0.426 bits per heavy atom. The molecule has 9 aromatic rings. The van der Waals surface area contributed by atoms with Crippen molar-refractivity contribution < 1.29 is 0 Å². The van der Waals surface area contributed by atoms with Gasteiger partial charge < -0.3 is 0 Å². The Morgan fingerprint density at radius 2 is 0.936 bits per heavy atom. The summed E-state index contributed by atoms with van der Waals surface area (Å²) in [6.45, 7) is 0. The van der Waals surface area contributed by atoms with Crippen LogP contribution in [0.25, 0.3) is 94.5 Å². The minimum atomic E-state index is 0.860. The van der Waals surface area contributed by atoms with Crippen LogP contribution in [-0.2, 0) is 0 Å². The van der Waals surface area contributed by atoms with E-state index in [1.165, 1.54) is 54.2 Å². The van der Waals surface area contributed by atoms with Gasteiger partial charge in [0.15, 0.2) is 5.82 Å². The molecule has 7 aromatic carbocycles. The molecule has 47 heavy (non-hydrogen) atoms. The van der Waals surface area contributed by atoms with Gasteiger partial charge in [0.05, 0.1) is 21.7 Å². The third-order valence-corrected chi connectivity index (χ3v) is 9.77. The van der Waals surface area contributed by atoms with E-state index in [-0.39, 0.29) is 0 Å². The fourth-order valence-electron chi connectivity index (χ4n) is 7.51. The third kappa shape index (κ3) is 4.06. The van der Waals surface area contributed by atoms with E-state index in [0.717, 1.165) is 51.6 Å². The normalized spacial score (nSPS) is 12.9. The van der Waals surface area contributed by atoms with Crippen LogP contribution in [0.5, 0.6) is 0 Å². The van der Waals surface area contributed by atoms with Gasteiger partial charge in [-0.25, -0.2) is 9.97 Å². The second kappa shape index (κ2) is 10.2. The molecule has 0 unspecified atom stereocenters. The van der Waals surface area contributed by atoms with Crippen molar-refractivity contribution >= 4 is 66.3 Å². The first-order chi connectivity index (χ1) is 23.3. The van der Waals surface area contributed by atoms with Crippen molar-refractivity contribution in [1.29, 1.82) is 0 Å². The average Bonchev–Trinajstić information content (AvgIpc) is 3.49. The monoisotopic (exact) mass is 599 g/mol. The van der Waals surface area contributed by atoms with Crippen LogP contribution in [0.4, 0.5) is 0 Å². The van der Waals surface area contributed by atoms with Gasteiger partial charge in [-0.15, -0.1) is 0 Å². The molecule has 10 rings (SSSR count). The molecule has 1 aliphatic carbocycles. The van der Waals surface area contributed by atoms with Gasteiger partial charge in [-0.3, -0.25) is 4.57 Å². The van der Waals surface area contributed by atoms with Crippen LogP contribution in [0.2, 0.25) is 0 Å². The maximum absolute atomic E-state index is 5.42. The van der Waals surface area contributed by atoms with Gasteiger partial charge >= 0.3 is 0 Å². The Morgan fingerprint density at radius 3 is 1.60 bits per heavy atom. The van der Waals surface area contributed by atoms with Crippen molar-refractivity contribution in [3.05, 3.63) is 150 Å². The summed E-state index contributed by atoms with van der Waals surface area (Å²) in [7, 11) is 0. The van der Waals surface area contributed by atoms with Gasteiger partial charge in [0.2, 0.25) is 0 Å². The molecular weight excluding hydrogens is 571 g/mol. The SMILES string of the molecule is C1=c2nc(-c3ccc(-c4ccc5ccccc5c4)cc3)c(-n3c4ccc5ccccc5c4c4c5ccccc5ccc43)nc2=CCC1. The maximum Gasteiger partial charge on any atom is 0.165 e. The smallest absolute Gasteiger partial charge is 0.165 e. The Bertz CT molecular complexity index is 2750. The van der Waals surface area contributed by atoms with Crippen molar-refractivity contribution in [2.75, 3.05) is 0 Å². The number of nitrogens with zero attached hydrogens (tertiary/aromatic N) is 3. The fraction of sp³-hybridized carbons (Fsp3) is 0.0455. The lowest BCUT2D eigenvalue weighted by Gasteiger charge is -2.14. The van der Waals surface area contributed by atoms with Crippen LogP contribution in [0.15, 0.2) is 140 Å². The molecule has 0 amide bonds. The number of hydrogen-bond donors (Lipinski definition) is 0. The van der Waals surface area contributed by atoms with Crippen molar-refractivity contribution in [2.24, 2.45) is 0 Å². The molecule has 0 spiro atoms. The van der Waals surface area contributed by atoms with E-state index in [0.29, 0.717) is 0 Å². The topological polar surface area (TPSA) is 30.7 Å². The summed E-state index contributed by atoms with van der Waals surface area (Å²) in [5.74, 6) is 0.860. The molecule has 2 heterocycles. The highest BCUT2D eigenvalue weighted by molar-refractivity contribution is 6.28. The molecule has 2 aromatic heterocycles. The van der Waals surface area contributed by atoms with Gasteiger partial charge in [0, 0.05) is 16.3 Å². The second-order valence-corrected chi connectivity index (χ2v) is 12.5. The minimum Gasteiger partial charge on any atom is -0.292 e. The Balaban J connectivity index is 1.26. The predicted octanol–water partition coefficient (Wildman–Crippen LogP) is 9.72. The number of fused-ring (bicyclic) bond motifs is 9. The van der Waals surface area contributed by atoms with Crippen LogP contribution in [-0.4, -0.2) is 14.5 Å². The lowest BCUT2D eigenvalue weighted by atomic mass is 9.99. The van der Waals surface area contributed by atoms with Gasteiger partial charge in [-0.2, -0.15) is 0 Å². The molecule has 3 heteroatoms. The lowest BCUT2D eigenvalue weighted by molar-refractivity contribution is 0.970. The first kappa shape index (κ1) is 26.2. The summed E-state index contributed by atoms with van der Waals surface area (Å²) in [6, 6.07) is 50.4. The molecule has 0 fully saturated rings. The van der Waals surface area contributed by atoms with Gasteiger partial charge in [-0.1, -0.05) is 133 Å². The summed E-state index contributed by atoms with van der Waals surface area (Å²) >= 11 is 0. The van der Waals surface area contributed by atoms with Gasteiger partial charge in [0.1, 0.15) is 5.69 Å². The molecule has 220 valence electrons. The molecule has 1 aliphatic rings. The molecule has 0 radical (unpaired) electrons. The first-order valence-electron chi connectivity index (χ1n) is 16.3. The van der Waals surface area contributed by atoms with Crippen molar-refractivity contribution in [3.63, 3.8) is 0 Å². The highest BCUT2D eigenvalue weighted by Crippen LogP contribution is 2.41. The third-order valence-electron chi connectivity index (χ3n) is 9.77. The van der Waals surface area contributed by atoms with Crippen molar-refractivity contribution in [2.45, 2.75) is 12.8 Å². The zero-order valence-electron chi connectivity index (χ0n) is 25.7. The van der Waals surface area contributed by atoms with Crippen LogP contribution in [0, 0.1) is 0 Å². The van der Waals surface area contributed by atoms with Crippen molar-refractivity contribution in [3.8, 4) is 28.2 Å². The highest BCUT2D eigenvalue weighted by Gasteiger charge is 2.21. The van der Waals surface area contributed by atoms with E-state index in [1.54, 1.807) is 0 Å². The van der Waals surface area contributed by atoms with E-state index < -0.39 is 0 Å². The molecule has 0 atom stereocenters. The zero-order chi connectivity index (χ0) is 30.9. The Labute approximate surface area is 271 Å². The summed E-state index contributed by atoms with van der Waals surface area (Å²) in [4.78, 5) is 10.8. The number of benzene rings is 7. The van der Waals surface area contributed by atoms with E-state index in [4.69, 9.17) is 9.97 Å². The number of hydrogen-bond acceptors (Lipinski definition) is 2. The maximum atomic E-state index is 5.42. The molecule has 0 saturated heterocycles. The van der Waals surface area contributed by atoms with Crippen LogP contribution in [0.3, 0.4) is 0 Å². The standard InChI is InChI=1S/C44H29N3/c1-2-12-33-27-34(22-19-28(33)9-1)29-17-20-32(21-18-29)43-44(46-38-16-8-7-15-37(38)45-43)47-39-25-23-30-10-3-5-13-35(30)41(39)42-36-14-6-4-11-31(36)24-26-40(42)47/h1-6,9-27H,7-8H2. The predicted molar refractivity (Wildman–Crippen MR) is 197 cm³/mol.